The molecule has 1 aliphatic heterocycles. The van der Waals surface area contributed by atoms with E-state index in [1.165, 1.54) is 0 Å². The number of fused-ring (bicyclic) bond motifs is 2. The van der Waals surface area contributed by atoms with Crippen LogP contribution in [-0.2, 0) is 16.1 Å². The zero-order chi connectivity index (χ0) is 28.3. The van der Waals surface area contributed by atoms with E-state index in [9.17, 15) is 14.7 Å². The van der Waals surface area contributed by atoms with Crippen molar-refractivity contribution < 1.29 is 14.7 Å². The third-order valence-corrected chi connectivity index (χ3v) is 8.11. The highest BCUT2D eigenvalue weighted by Gasteiger charge is 2.64. The second-order valence-electron chi connectivity index (χ2n) is 13.0. The molecule has 5 rings (SSSR count). The zero-order valence-corrected chi connectivity index (χ0v) is 24.0. The van der Waals surface area contributed by atoms with Crippen LogP contribution < -0.4 is 5.32 Å². The summed E-state index contributed by atoms with van der Waals surface area (Å²) in [6.45, 7) is 14.2. The average molecular weight is 533 g/mol. The minimum Gasteiger partial charge on any atom is -0.387 e. The summed E-state index contributed by atoms with van der Waals surface area (Å²) in [6, 6.07) is 5.45. The molecule has 39 heavy (non-hydrogen) atoms. The number of piperidine rings is 1. The quantitative estimate of drug-likeness (QED) is 0.472. The molecule has 1 aromatic carbocycles. The molecule has 0 radical (unpaired) electrons. The Morgan fingerprint density at radius 1 is 1.15 bits per heavy atom. The minimum absolute atomic E-state index is 0.00408. The Hall–Kier alpha value is -3.33. The molecule has 5 atom stereocenters. The summed E-state index contributed by atoms with van der Waals surface area (Å²) in [6.07, 6.45) is 5.19. The number of rotatable bonds is 7. The summed E-state index contributed by atoms with van der Waals surface area (Å²) < 4.78 is 1.66. The largest absolute Gasteiger partial charge is 0.387 e. The Morgan fingerprint density at radius 3 is 2.49 bits per heavy atom. The first-order valence-electron chi connectivity index (χ1n) is 13.8. The maximum absolute atomic E-state index is 13.8. The van der Waals surface area contributed by atoms with Crippen LogP contribution >= 0.6 is 0 Å². The first-order chi connectivity index (χ1) is 18.3. The molecule has 208 valence electrons. The van der Waals surface area contributed by atoms with Crippen LogP contribution in [0.25, 0.3) is 22.0 Å². The lowest BCUT2D eigenvalue weighted by atomic mass is 9.88. The Labute approximate surface area is 230 Å². The molecule has 3 heterocycles. The van der Waals surface area contributed by atoms with Crippen LogP contribution in [-0.4, -0.2) is 59.7 Å². The Morgan fingerprint density at radius 2 is 1.85 bits per heavy atom. The fraction of sp³-hybridized carbons (Fsp3) is 0.567. The van der Waals surface area contributed by atoms with Crippen molar-refractivity contribution in [1.82, 2.24) is 30.0 Å². The van der Waals surface area contributed by atoms with Crippen LogP contribution in [0.1, 0.15) is 78.4 Å². The van der Waals surface area contributed by atoms with Gasteiger partial charge in [0, 0.05) is 35.4 Å². The number of carbonyl (C=O) groups is 2. The first kappa shape index (κ1) is 27.2. The molecular weight excluding hydrogens is 492 g/mol. The molecule has 1 aliphatic carbocycles. The van der Waals surface area contributed by atoms with E-state index in [-0.39, 0.29) is 41.3 Å². The maximum atomic E-state index is 13.8. The van der Waals surface area contributed by atoms with Gasteiger partial charge in [-0.05, 0) is 68.6 Å². The number of aliphatic hydroxyl groups excluding tert-OH is 1. The highest BCUT2D eigenvalue weighted by molar-refractivity contribution is 5.91. The van der Waals surface area contributed by atoms with Gasteiger partial charge in [-0.15, -0.1) is 0 Å². The number of amides is 2. The van der Waals surface area contributed by atoms with Crippen LogP contribution in [0.2, 0.25) is 0 Å². The molecule has 1 saturated heterocycles. The Bertz CT molecular complexity index is 1410. The van der Waals surface area contributed by atoms with Gasteiger partial charge < -0.3 is 15.3 Å². The summed E-state index contributed by atoms with van der Waals surface area (Å²) in [7, 11) is 0. The smallest absolute Gasteiger partial charge is 0.245 e. The summed E-state index contributed by atoms with van der Waals surface area (Å²) in [5, 5.41) is 19.1. The van der Waals surface area contributed by atoms with Gasteiger partial charge in [-0.2, -0.15) is 5.10 Å². The van der Waals surface area contributed by atoms with Crippen molar-refractivity contribution >= 4 is 22.7 Å². The molecule has 9 heteroatoms. The second kappa shape index (κ2) is 9.70. The summed E-state index contributed by atoms with van der Waals surface area (Å²) in [5.41, 5.74) is 3.13. The maximum Gasteiger partial charge on any atom is 0.245 e. The monoisotopic (exact) mass is 532 g/mol. The van der Waals surface area contributed by atoms with Crippen molar-refractivity contribution in [2.45, 2.75) is 98.5 Å². The van der Waals surface area contributed by atoms with Crippen LogP contribution in [0.3, 0.4) is 0 Å². The van der Waals surface area contributed by atoms with E-state index in [1.54, 1.807) is 28.9 Å². The molecule has 9 nitrogen and oxygen atoms in total. The van der Waals surface area contributed by atoms with Crippen LogP contribution in [0.4, 0.5) is 0 Å². The van der Waals surface area contributed by atoms with Gasteiger partial charge in [-0.25, -0.2) is 9.97 Å². The first-order valence-corrected chi connectivity index (χ1v) is 13.8. The number of nitrogens with zero attached hydrogens (tertiary/aromatic N) is 5. The van der Waals surface area contributed by atoms with E-state index in [1.807, 2.05) is 32.0 Å². The van der Waals surface area contributed by atoms with E-state index < -0.39 is 12.1 Å². The van der Waals surface area contributed by atoms with Crippen molar-refractivity contribution in [3.05, 3.63) is 42.1 Å². The van der Waals surface area contributed by atoms with Crippen molar-refractivity contribution in [3.63, 3.8) is 0 Å². The normalized spacial score (nSPS) is 23.9. The summed E-state index contributed by atoms with van der Waals surface area (Å²) >= 11 is 0. The molecule has 1 unspecified atom stereocenters. The molecule has 3 aromatic rings. The third kappa shape index (κ3) is 5.41. The number of benzene rings is 1. The van der Waals surface area contributed by atoms with Gasteiger partial charge in [0.2, 0.25) is 11.8 Å². The lowest BCUT2D eigenvalue weighted by Crippen LogP contribution is -2.51. The van der Waals surface area contributed by atoms with Gasteiger partial charge >= 0.3 is 0 Å². The van der Waals surface area contributed by atoms with Crippen LogP contribution in [0.5, 0.6) is 0 Å². The molecule has 2 fully saturated rings. The molecule has 2 aromatic heterocycles. The third-order valence-electron chi connectivity index (χ3n) is 8.11. The van der Waals surface area contributed by atoms with Gasteiger partial charge in [0.1, 0.15) is 18.4 Å². The molecule has 1 saturated carbocycles. The summed E-state index contributed by atoms with van der Waals surface area (Å²) in [4.78, 5) is 37.5. The standard InChI is InChI=1S/C30H40N6O3/c1-17(11-29(4,5)6)33-28(39)24-12-30(7)13-25(30)36(24)26(38)16-35-23-9-8-20(21-14-31-19(3)32-15-21)10-22(23)27(34-35)18(2)37/h8-10,14-15,17-18,24-25,37H,11-13,16H2,1-7H3,(H,33,39)/t17-,18?,24-,25+,30-/m0/s1. The van der Waals surface area contributed by atoms with Crippen LogP contribution in [0, 0.1) is 17.8 Å². The number of nitrogens with one attached hydrogen (secondary N) is 1. The highest BCUT2D eigenvalue weighted by atomic mass is 16.3. The van der Waals surface area contributed by atoms with E-state index in [2.05, 4.69) is 48.1 Å². The van der Waals surface area contributed by atoms with Crippen LogP contribution in [0.15, 0.2) is 30.6 Å². The number of hydrogen-bond donors (Lipinski definition) is 2. The van der Waals surface area contributed by atoms with E-state index in [4.69, 9.17) is 0 Å². The number of aromatic nitrogens is 4. The topological polar surface area (TPSA) is 113 Å². The SMILES string of the molecule is Cc1ncc(-c2ccc3c(c2)c(C(C)O)nn3CC(=O)N2[C@H](C(=O)N[C@@H](C)CC(C)(C)C)C[C@@]3(C)C[C@@H]23)cn1. The molecule has 2 aliphatic rings. The van der Waals surface area contributed by atoms with Gasteiger partial charge in [-0.1, -0.05) is 33.8 Å². The van der Waals surface area contributed by atoms with Crippen molar-refractivity contribution in [1.29, 1.82) is 0 Å². The predicted octanol–water partition coefficient (Wildman–Crippen LogP) is 4.18. The number of aliphatic hydroxyl groups is 1. The molecule has 2 N–H and O–H groups in total. The molecule has 0 spiro atoms. The Balaban J connectivity index is 1.40. The number of carbonyl (C=O) groups excluding carboxylic acids is 2. The number of likely N-dealkylation sites (tertiary alicyclic amines) is 1. The van der Waals surface area contributed by atoms with Gasteiger partial charge in [0.05, 0.1) is 17.3 Å². The zero-order valence-electron chi connectivity index (χ0n) is 24.0. The minimum atomic E-state index is -0.810. The lowest BCUT2D eigenvalue weighted by Gasteiger charge is -2.30. The fourth-order valence-electron chi connectivity index (χ4n) is 6.23. The van der Waals surface area contributed by atoms with E-state index in [0.717, 1.165) is 34.9 Å². The van der Waals surface area contributed by atoms with E-state index in [0.29, 0.717) is 17.9 Å². The van der Waals surface area contributed by atoms with Crippen molar-refractivity contribution in [2.24, 2.45) is 10.8 Å². The average Bonchev–Trinajstić information content (AvgIpc) is 3.21. The van der Waals surface area contributed by atoms with Gasteiger partial charge in [0.25, 0.3) is 0 Å². The number of aryl methyl sites for hydroxylation is 1. The summed E-state index contributed by atoms with van der Waals surface area (Å²) in [5.74, 6) is 0.496. The van der Waals surface area contributed by atoms with Gasteiger partial charge in [-0.3, -0.25) is 14.3 Å². The molecule has 2 amide bonds. The lowest BCUT2D eigenvalue weighted by molar-refractivity contribution is -0.140. The predicted molar refractivity (Wildman–Crippen MR) is 150 cm³/mol. The highest BCUT2D eigenvalue weighted by Crippen LogP contribution is 2.59. The van der Waals surface area contributed by atoms with Crippen molar-refractivity contribution in [3.8, 4) is 11.1 Å². The van der Waals surface area contributed by atoms with E-state index >= 15 is 0 Å². The van der Waals surface area contributed by atoms with Crippen molar-refractivity contribution in [2.75, 3.05) is 0 Å². The number of hydrogen-bond acceptors (Lipinski definition) is 6. The second-order valence-corrected chi connectivity index (χ2v) is 13.0. The fourth-order valence-corrected chi connectivity index (χ4v) is 6.23. The Kier molecular flexibility index (Phi) is 6.77. The van der Waals surface area contributed by atoms with Gasteiger partial charge in [0.15, 0.2) is 0 Å². The molecule has 0 bridgehead atoms. The molecular formula is C30H40N6O3.